The first-order valence-electron chi connectivity index (χ1n) is 12.2. The van der Waals surface area contributed by atoms with Crippen LogP contribution in [0.1, 0.15) is 59.7 Å². The lowest BCUT2D eigenvalue weighted by atomic mass is 9.96. The summed E-state index contributed by atoms with van der Waals surface area (Å²) in [5.74, 6) is -2.80. The zero-order chi connectivity index (χ0) is 31.2. The SMILES string of the molecule is Cc1c(Cc2ccc(C(F)(F)F)cc2)cccc1C(=O)O.O=C(O)c1ccc(F)c(Cc2ccc(C(F)(F)F)cc2)c1. The molecule has 0 saturated heterocycles. The summed E-state index contributed by atoms with van der Waals surface area (Å²) in [6, 6.07) is 17.5. The molecule has 4 aromatic rings. The van der Waals surface area contributed by atoms with Gasteiger partial charge >= 0.3 is 24.3 Å². The predicted octanol–water partition coefficient (Wildman–Crippen LogP) is 8.44. The van der Waals surface area contributed by atoms with Crippen LogP contribution in [0.15, 0.2) is 84.9 Å². The van der Waals surface area contributed by atoms with Crippen molar-refractivity contribution in [1.29, 1.82) is 0 Å². The van der Waals surface area contributed by atoms with Crippen molar-refractivity contribution in [2.45, 2.75) is 32.1 Å². The van der Waals surface area contributed by atoms with Gasteiger partial charge in [0.25, 0.3) is 0 Å². The maximum atomic E-state index is 13.6. The molecule has 220 valence electrons. The predicted molar refractivity (Wildman–Crippen MR) is 140 cm³/mol. The molecule has 4 rings (SSSR count). The Bertz CT molecular complexity index is 1500. The van der Waals surface area contributed by atoms with Crippen molar-refractivity contribution >= 4 is 11.9 Å². The summed E-state index contributed by atoms with van der Waals surface area (Å²) in [5.41, 5.74) is 1.36. The van der Waals surface area contributed by atoms with Crippen LogP contribution in [0.2, 0.25) is 0 Å². The van der Waals surface area contributed by atoms with Gasteiger partial charge in [0, 0.05) is 6.42 Å². The maximum absolute atomic E-state index is 13.6. The summed E-state index contributed by atoms with van der Waals surface area (Å²) in [5, 5.41) is 17.9. The fraction of sp³-hybridized carbons (Fsp3) is 0.161. The molecule has 0 aliphatic heterocycles. The molecule has 0 radical (unpaired) electrons. The number of carboxylic acids is 2. The number of hydrogen-bond donors (Lipinski definition) is 2. The number of halogens is 7. The molecule has 0 aromatic heterocycles. The summed E-state index contributed by atoms with van der Waals surface area (Å²) >= 11 is 0. The third-order valence-electron chi connectivity index (χ3n) is 6.32. The third-order valence-corrected chi connectivity index (χ3v) is 6.32. The van der Waals surface area contributed by atoms with Gasteiger partial charge in [-0.05, 0) is 89.7 Å². The van der Waals surface area contributed by atoms with Crippen LogP contribution in [0.5, 0.6) is 0 Å². The summed E-state index contributed by atoms with van der Waals surface area (Å²) < 4.78 is 88.4. The van der Waals surface area contributed by atoms with Crippen molar-refractivity contribution < 1.29 is 50.5 Å². The molecule has 11 heteroatoms. The monoisotopic (exact) mass is 592 g/mol. The second-order valence-corrected chi connectivity index (χ2v) is 9.25. The minimum Gasteiger partial charge on any atom is -0.478 e. The van der Waals surface area contributed by atoms with Crippen LogP contribution < -0.4 is 0 Å². The van der Waals surface area contributed by atoms with E-state index in [1.807, 2.05) is 0 Å². The fourth-order valence-corrected chi connectivity index (χ4v) is 4.01. The first-order valence-corrected chi connectivity index (χ1v) is 12.2. The quantitative estimate of drug-likeness (QED) is 0.221. The van der Waals surface area contributed by atoms with Gasteiger partial charge in [-0.25, -0.2) is 14.0 Å². The zero-order valence-electron chi connectivity index (χ0n) is 21.9. The van der Waals surface area contributed by atoms with Crippen molar-refractivity contribution in [3.8, 4) is 0 Å². The van der Waals surface area contributed by atoms with Gasteiger partial charge in [0.2, 0.25) is 0 Å². The van der Waals surface area contributed by atoms with Crippen LogP contribution in [-0.4, -0.2) is 22.2 Å². The Morgan fingerprint density at radius 3 is 1.55 bits per heavy atom. The highest BCUT2D eigenvalue weighted by Crippen LogP contribution is 2.30. The summed E-state index contributed by atoms with van der Waals surface area (Å²) in [7, 11) is 0. The van der Waals surface area contributed by atoms with E-state index in [1.165, 1.54) is 36.4 Å². The minimum atomic E-state index is -4.42. The Hall–Kier alpha value is -4.67. The van der Waals surface area contributed by atoms with Gasteiger partial charge < -0.3 is 10.2 Å². The van der Waals surface area contributed by atoms with Crippen LogP contribution in [0, 0.1) is 12.7 Å². The molecule has 42 heavy (non-hydrogen) atoms. The Kier molecular flexibility index (Phi) is 9.77. The van der Waals surface area contributed by atoms with Crippen molar-refractivity contribution in [3.63, 3.8) is 0 Å². The standard InChI is InChI=1S/C16H13F3O2.C15H10F4O2/c1-10-12(3-2-4-14(10)15(20)21)9-11-5-7-13(8-6-11)16(17,18)19;16-13-6-3-10(14(20)21)8-11(13)7-9-1-4-12(5-2-9)15(17,18)19/h2-8H,9H2,1H3,(H,20,21);1-6,8H,7H2,(H,20,21). The molecule has 0 spiro atoms. The highest BCUT2D eigenvalue weighted by molar-refractivity contribution is 5.89. The highest BCUT2D eigenvalue weighted by Gasteiger charge is 2.30. The summed E-state index contributed by atoms with van der Waals surface area (Å²) in [4.78, 5) is 21.9. The average molecular weight is 593 g/mol. The first-order chi connectivity index (χ1) is 19.6. The van der Waals surface area contributed by atoms with Gasteiger partial charge in [-0.15, -0.1) is 0 Å². The van der Waals surface area contributed by atoms with E-state index in [0.29, 0.717) is 23.1 Å². The number of carbonyl (C=O) groups is 2. The average Bonchev–Trinajstić information content (AvgIpc) is 2.91. The molecule has 0 aliphatic carbocycles. The lowest BCUT2D eigenvalue weighted by Gasteiger charge is -2.10. The lowest BCUT2D eigenvalue weighted by Crippen LogP contribution is -2.05. The van der Waals surface area contributed by atoms with E-state index in [-0.39, 0.29) is 23.1 Å². The molecular formula is C31H23F7O4. The van der Waals surface area contributed by atoms with Crippen molar-refractivity contribution in [2.24, 2.45) is 0 Å². The molecule has 0 atom stereocenters. The van der Waals surface area contributed by atoms with Gasteiger partial charge in [-0.1, -0.05) is 36.4 Å². The fourth-order valence-electron chi connectivity index (χ4n) is 4.01. The van der Waals surface area contributed by atoms with Gasteiger partial charge in [0.05, 0.1) is 22.3 Å². The zero-order valence-corrected chi connectivity index (χ0v) is 21.9. The van der Waals surface area contributed by atoms with Crippen LogP contribution in [0.4, 0.5) is 30.7 Å². The van der Waals surface area contributed by atoms with Crippen LogP contribution >= 0.6 is 0 Å². The normalized spacial score (nSPS) is 11.4. The first kappa shape index (κ1) is 31.9. The molecule has 0 heterocycles. The van der Waals surface area contributed by atoms with E-state index in [1.54, 1.807) is 19.1 Å². The Balaban J connectivity index is 0.000000230. The molecule has 0 amide bonds. The van der Waals surface area contributed by atoms with Gasteiger partial charge in [-0.3, -0.25) is 0 Å². The topological polar surface area (TPSA) is 74.6 Å². The number of benzene rings is 4. The van der Waals surface area contributed by atoms with Crippen LogP contribution in [0.3, 0.4) is 0 Å². The molecule has 2 N–H and O–H groups in total. The molecule has 4 nitrogen and oxygen atoms in total. The van der Waals surface area contributed by atoms with Gasteiger partial charge in [0.15, 0.2) is 0 Å². The number of aromatic carboxylic acids is 2. The van der Waals surface area contributed by atoms with Gasteiger partial charge in [0.1, 0.15) is 5.82 Å². The van der Waals surface area contributed by atoms with E-state index >= 15 is 0 Å². The van der Waals surface area contributed by atoms with Crippen molar-refractivity contribution in [1.82, 2.24) is 0 Å². The molecule has 0 bridgehead atoms. The van der Waals surface area contributed by atoms with Crippen molar-refractivity contribution in [2.75, 3.05) is 0 Å². The van der Waals surface area contributed by atoms with Crippen LogP contribution in [-0.2, 0) is 25.2 Å². The van der Waals surface area contributed by atoms with E-state index < -0.39 is 41.2 Å². The summed E-state index contributed by atoms with van der Waals surface area (Å²) in [6.45, 7) is 1.70. The third kappa shape index (κ3) is 8.42. The number of carboxylic acid groups (broad SMARTS) is 2. The Morgan fingerprint density at radius 2 is 1.12 bits per heavy atom. The molecular weight excluding hydrogens is 569 g/mol. The molecule has 0 fully saturated rings. The van der Waals surface area contributed by atoms with E-state index in [9.17, 15) is 40.3 Å². The van der Waals surface area contributed by atoms with Crippen molar-refractivity contribution in [3.05, 3.63) is 141 Å². The Labute approximate surface area is 235 Å². The van der Waals surface area contributed by atoms with Gasteiger partial charge in [-0.2, -0.15) is 26.3 Å². The van der Waals surface area contributed by atoms with E-state index in [4.69, 9.17) is 10.2 Å². The maximum Gasteiger partial charge on any atom is 0.416 e. The molecule has 0 aliphatic rings. The second-order valence-electron chi connectivity index (χ2n) is 9.25. The number of alkyl halides is 6. The molecule has 0 saturated carbocycles. The van der Waals surface area contributed by atoms with Crippen LogP contribution in [0.25, 0.3) is 0 Å². The Morgan fingerprint density at radius 1 is 0.643 bits per heavy atom. The minimum absolute atomic E-state index is 0.0189. The molecule has 4 aromatic carbocycles. The molecule has 0 unspecified atom stereocenters. The largest absolute Gasteiger partial charge is 0.478 e. The summed E-state index contributed by atoms with van der Waals surface area (Å²) in [6.07, 6.45) is -8.36. The van der Waals surface area contributed by atoms with E-state index in [0.717, 1.165) is 42.0 Å². The van der Waals surface area contributed by atoms with E-state index in [2.05, 4.69) is 0 Å². The lowest BCUT2D eigenvalue weighted by molar-refractivity contribution is -0.138. The second kappa shape index (κ2) is 12.9. The number of hydrogen-bond acceptors (Lipinski definition) is 2. The smallest absolute Gasteiger partial charge is 0.416 e. The number of rotatable bonds is 6. The highest BCUT2D eigenvalue weighted by atomic mass is 19.4.